The predicted molar refractivity (Wildman–Crippen MR) is 81.0 cm³/mol. The smallest absolute Gasteiger partial charge is 0.316 e. The molecule has 0 atom stereocenters. The summed E-state index contributed by atoms with van der Waals surface area (Å²) >= 11 is 0. The van der Waals surface area contributed by atoms with Crippen LogP contribution in [-0.4, -0.2) is 33.5 Å². The molecule has 2 rings (SSSR count). The molecule has 2 aromatic heterocycles. The van der Waals surface area contributed by atoms with Crippen molar-refractivity contribution in [2.45, 2.75) is 13.8 Å². The quantitative estimate of drug-likeness (QED) is 0.510. The fourth-order valence-electron chi connectivity index (χ4n) is 1.43. The molecule has 0 aromatic carbocycles. The van der Waals surface area contributed by atoms with Crippen molar-refractivity contribution in [2.24, 2.45) is 15.9 Å². The normalized spacial score (nSPS) is 11.8. The zero-order valence-corrected chi connectivity index (χ0v) is 11.9. The molecule has 0 aliphatic carbocycles. The van der Waals surface area contributed by atoms with Crippen molar-refractivity contribution in [1.29, 1.82) is 0 Å². The summed E-state index contributed by atoms with van der Waals surface area (Å²) in [4.78, 5) is 16.4. The highest BCUT2D eigenvalue weighted by Crippen LogP contribution is 2.08. The van der Waals surface area contributed by atoms with Gasteiger partial charge in [-0.1, -0.05) is 0 Å². The number of hydrogen-bond donors (Lipinski definition) is 1. The first-order valence-corrected chi connectivity index (χ1v) is 6.32. The number of rotatable bonds is 5. The second kappa shape index (κ2) is 7.09. The molecule has 7 nitrogen and oxygen atoms in total. The van der Waals surface area contributed by atoms with E-state index in [0.717, 1.165) is 11.1 Å². The van der Waals surface area contributed by atoms with Gasteiger partial charge in [-0.3, -0.25) is 0 Å². The number of aryl methyl sites for hydroxylation is 2. The maximum atomic E-state index is 5.38. The molecular formula is C14H16N6O. The Morgan fingerprint density at radius 1 is 1.24 bits per heavy atom. The molecule has 0 spiro atoms. The van der Waals surface area contributed by atoms with E-state index in [2.05, 4.69) is 25.0 Å². The summed E-state index contributed by atoms with van der Waals surface area (Å²) in [6.45, 7) is 4.00. The van der Waals surface area contributed by atoms with Gasteiger partial charge in [0.15, 0.2) is 5.82 Å². The first-order valence-electron chi connectivity index (χ1n) is 6.32. The second-order valence-electron chi connectivity index (χ2n) is 4.40. The standard InChI is InChI=1S/C14H16N6O/c1-10-3-4-16-13(5-10)17-8-12(20-15)9-21-14-18-6-11(2)7-19-14/h3-8H,9,15H2,1-2H3. The summed E-state index contributed by atoms with van der Waals surface area (Å²) in [6.07, 6.45) is 6.55. The minimum atomic E-state index is 0.134. The molecule has 0 bridgehead atoms. The molecule has 7 heteroatoms. The molecule has 0 aliphatic heterocycles. The molecule has 108 valence electrons. The van der Waals surface area contributed by atoms with Crippen LogP contribution < -0.4 is 10.6 Å². The summed E-state index contributed by atoms with van der Waals surface area (Å²) in [6, 6.07) is 4.02. The predicted octanol–water partition coefficient (Wildman–Crippen LogP) is 1.58. The Balaban J connectivity index is 1.96. The lowest BCUT2D eigenvalue weighted by molar-refractivity contribution is 0.346. The van der Waals surface area contributed by atoms with E-state index in [-0.39, 0.29) is 12.6 Å². The fourth-order valence-corrected chi connectivity index (χ4v) is 1.43. The Morgan fingerprint density at radius 2 is 2.00 bits per heavy atom. The monoisotopic (exact) mass is 284 g/mol. The van der Waals surface area contributed by atoms with E-state index in [0.29, 0.717) is 11.5 Å². The van der Waals surface area contributed by atoms with Crippen LogP contribution in [0.15, 0.2) is 40.8 Å². The number of aromatic nitrogens is 3. The summed E-state index contributed by atoms with van der Waals surface area (Å²) in [7, 11) is 0. The largest absolute Gasteiger partial charge is 0.457 e. The molecule has 2 aromatic rings. The molecule has 0 unspecified atom stereocenters. The van der Waals surface area contributed by atoms with Crippen LogP contribution in [-0.2, 0) is 0 Å². The highest BCUT2D eigenvalue weighted by molar-refractivity contribution is 6.31. The van der Waals surface area contributed by atoms with Crippen LogP contribution in [0.5, 0.6) is 6.01 Å². The van der Waals surface area contributed by atoms with E-state index in [1.807, 2.05) is 26.0 Å². The first-order chi connectivity index (χ1) is 10.2. The highest BCUT2D eigenvalue weighted by atomic mass is 16.5. The van der Waals surface area contributed by atoms with Gasteiger partial charge in [0.25, 0.3) is 0 Å². The van der Waals surface area contributed by atoms with Crippen LogP contribution in [0.3, 0.4) is 0 Å². The van der Waals surface area contributed by atoms with Gasteiger partial charge in [-0.05, 0) is 37.1 Å². The second-order valence-corrected chi connectivity index (χ2v) is 4.40. The van der Waals surface area contributed by atoms with Gasteiger partial charge in [0, 0.05) is 18.6 Å². The number of pyridine rings is 1. The van der Waals surface area contributed by atoms with Crippen molar-refractivity contribution in [1.82, 2.24) is 15.0 Å². The van der Waals surface area contributed by atoms with Gasteiger partial charge in [0.2, 0.25) is 0 Å². The Hall–Kier alpha value is -2.83. The Bertz CT molecular complexity index is 651. The third-order valence-electron chi connectivity index (χ3n) is 2.52. The topological polar surface area (TPSA) is 98.6 Å². The molecule has 0 fully saturated rings. The van der Waals surface area contributed by atoms with Crippen molar-refractivity contribution in [3.8, 4) is 6.01 Å². The lowest BCUT2D eigenvalue weighted by atomic mass is 10.3. The number of nitrogens with zero attached hydrogens (tertiary/aromatic N) is 5. The van der Waals surface area contributed by atoms with Gasteiger partial charge in [0.05, 0.1) is 6.21 Å². The maximum Gasteiger partial charge on any atom is 0.316 e. The van der Waals surface area contributed by atoms with Crippen LogP contribution >= 0.6 is 0 Å². The molecule has 0 saturated carbocycles. The van der Waals surface area contributed by atoms with Crippen molar-refractivity contribution < 1.29 is 4.74 Å². The summed E-state index contributed by atoms with van der Waals surface area (Å²) in [5, 5.41) is 3.62. The summed E-state index contributed by atoms with van der Waals surface area (Å²) in [5.41, 5.74) is 2.50. The van der Waals surface area contributed by atoms with Gasteiger partial charge < -0.3 is 10.6 Å². The minimum absolute atomic E-state index is 0.134. The van der Waals surface area contributed by atoms with E-state index in [9.17, 15) is 0 Å². The van der Waals surface area contributed by atoms with Crippen molar-refractivity contribution in [3.05, 3.63) is 41.9 Å². The van der Waals surface area contributed by atoms with E-state index in [4.69, 9.17) is 10.6 Å². The highest BCUT2D eigenvalue weighted by Gasteiger charge is 2.01. The van der Waals surface area contributed by atoms with Gasteiger partial charge in [-0.15, -0.1) is 0 Å². The Kier molecular flexibility index (Phi) is 4.92. The molecule has 0 amide bonds. The zero-order chi connectivity index (χ0) is 15.1. The lowest BCUT2D eigenvalue weighted by Gasteiger charge is -2.03. The average molecular weight is 284 g/mol. The Labute approximate surface area is 122 Å². The van der Waals surface area contributed by atoms with Crippen LogP contribution in [0.2, 0.25) is 0 Å². The van der Waals surface area contributed by atoms with Crippen LogP contribution in [0.4, 0.5) is 5.82 Å². The van der Waals surface area contributed by atoms with E-state index in [1.165, 1.54) is 6.21 Å². The van der Waals surface area contributed by atoms with E-state index < -0.39 is 0 Å². The van der Waals surface area contributed by atoms with Gasteiger partial charge in [0.1, 0.15) is 12.3 Å². The zero-order valence-electron chi connectivity index (χ0n) is 11.9. The number of aliphatic imine (C=N–C) groups is 1. The van der Waals surface area contributed by atoms with E-state index >= 15 is 0 Å². The third kappa shape index (κ3) is 4.64. The van der Waals surface area contributed by atoms with Gasteiger partial charge in [-0.25, -0.2) is 19.9 Å². The van der Waals surface area contributed by atoms with E-state index in [1.54, 1.807) is 18.6 Å². The van der Waals surface area contributed by atoms with Crippen molar-refractivity contribution in [2.75, 3.05) is 6.61 Å². The van der Waals surface area contributed by atoms with Crippen LogP contribution in [0.1, 0.15) is 11.1 Å². The molecule has 2 heterocycles. The molecule has 0 aliphatic rings. The molecular weight excluding hydrogens is 268 g/mol. The van der Waals surface area contributed by atoms with Gasteiger partial charge >= 0.3 is 6.01 Å². The number of nitrogens with two attached hydrogens (primary N) is 1. The van der Waals surface area contributed by atoms with Crippen LogP contribution in [0.25, 0.3) is 0 Å². The Morgan fingerprint density at radius 3 is 2.67 bits per heavy atom. The maximum absolute atomic E-state index is 5.38. The molecule has 2 N–H and O–H groups in total. The molecule has 0 radical (unpaired) electrons. The number of hydrogen-bond acceptors (Lipinski definition) is 7. The number of ether oxygens (including phenoxy) is 1. The first kappa shape index (κ1) is 14.6. The molecule has 21 heavy (non-hydrogen) atoms. The molecule has 0 saturated heterocycles. The fraction of sp³-hybridized carbons (Fsp3) is 0.214. The average Bonchev–Trinajstić information content (AvgIpc) is 2.49. The summed E-state index contributed by atoms with van der Waals surface area (Å²) < 4.78 is 5.38. The van der Waals surface area contributed by atoms with Crippen molar-refractivity contribution >= 4 is 17.7 Å². The van der Waals surface area contributed by atoms with Crippen molar-refractivity contribution in [3.63, 3.8) is 0 Å². The number of hydrazone groups is 1. The van der Waals surface area contributed by atoms with Gasteiger partial charge in [-0.2, -0.15) is 5.10 Å². The SMILES string of the molecule is Cc1cnc(OCC(C=Nc2cc(C)ccn2)=NN)nc1. The third-order valence-corrected chi connectivity index (χ3v) is 2.52. The lowest BCUT2D eigenvalue weighted by Crippen LogP contribution is -2.16. The van der Waals surface area contributed by atoms with Crippen LogP contribution in [0, 0.1) is 13.8 Å². The minimum Gasteiger partial charge on any atom is -0.457 e. The summed E-state index contributed by atoms with van der Waals surface area (Å²) in [5.74, 6) is 5.90.